The first-order valence-electron chi connectivity index (χ1n) is 11.1. The second-order valence-corrected chi connectivity index (χ2v) is 7.26. The Morgan fingerprint density at radius 1 is 0.759 bits per heavy atom. The van der Waals surface area contributed by atoms with Gasteiger partial charge >= 0.3 is 11.9 Å². The molecule has 1 rings (SSSR count). The van der Waals surface area contributed by atoms with E-state index in [4.69, 9.17) is 9.84 Å². The second-order valence-electron chi connectivity index (χ2n) is 7.26. The van der Waals surface area contributed by atoms with Gasteiger partial charge < -0.3 is 14.9 Å². The second kappa shape index (κ2) is 17.0. The molecule has 1 aromatic rings. The minimum atomic E-state index is -1.18. The number of carboxylic acids is 2. The maximum atomic E-state index is 11.5. The molecule has 0 aliphatic carbocycles. The smallest absolute Gasteiger partial charge is 0.336 e. The van der Waals surface area contributed by atoms with Gasteiger partial charge in [0.25, 0.3) is 0 Å². The molecule has 1 aromatic carbocycles. The highest BCUT2D eigenvalue weighted by Crippen LogP contribution is 2.24. The first kappa shape index (κ1) is 27.1. The molecule has 0 radical (unpaired) electrons. The number of rotatable bonds is 14. The summed E-state index contributed by atoms with van der Waals surface area (Å²) in [5.74, 6) is -2.32. The Balaban J connectivity index is 0.000000734. The van der Waals surface area contributed by atoms with Crippen molar-refractivity contribution < 1.29 is 24.5 Å². The summed E-state index contributed by atoms with van der Waals surface area (Å²) in [6, 6.07) is 3.20. The lowest BCUT2D eigenvalue weighted by molar-refractivity contribution is 0.0650. The van der Waals surface area contributed by atoms with Crippen LogP contribution < -0.4 is 0 Å². The van der Waals surface area contributed by atoms with Gasteiger partial charge in [-0.1, -0.05) is 59.4 Å². The summed E-state index contributed by atoms with van der Waals surface area (Å²) in [6.45, 7) is 10.4. The average Bonchev–Trinajstić information content (AvgIpc) is 2.70. The van der Waals surface area contributed by atoms with Gasteiger partial charge in [0, 0.05) is 13.2 Å². The first-order valence-corrected chi connectivity index (χ1v) is 11.1. The van der Waals surface area contributed by atoms with E-state index in [2.05, 4.69) is 20.8 Å². The van der Waals surface area contributed by atoms with E-state index >= 15 is 0 Å². The number of aryl methyl sites for hydroxylation is 1. The van der Waals surface area contributed by atoms with Crippen molar-refractivity contribution in [3.05, 3.63) is 34.4 Å². The number of hydrogen-bond donors (Lipinski definition) is 2. The number of ether oxygens (including phenoxy) is 1. The Labute approximate surface area is 176 Å². The molecule has 5 heteroatoms. The van der Waals surface area contributed by atoms with E-state index in [0.29, 0.717) is 12.0 Å². The predicted molar refractivity (Wildman–Crippen MR) is 118 cm³/mol. The van der Waals surface area contributed by atoms with Gasteiger partial charge in [-0.3, -0.25) is 0 Å². The van der Waals surface area contributed by atoms with Crippen LogP contribution in [0.1, 0.15) is 111 Å². The lowest BCUT2D eigenvalue weighted by Crippen LogP contribution is -2.14. The molecule has 0 fully saturated rings. The summed E-state index contributed by atoms with van der Waals surface area (Å²) in [6.07, 6.45) is 10.1. The van der Waals surface area contributed by atoms with Gasteiger partial charge in [0.2, 0.25) is 0 Å². The monoisotopic (exact) mass is 408 g/mol. The molecule has 29 heavy (non-hydrogen) atoms. The predicted octanol–water partition coefficient (Wildman–Crippen LogP) is 6.37. The zero-order valence-corrected chi connectivity index (χ0v) is 18.8. The van der Waals surface area contributed by atoms with Crippen LogP contribution in [0.4, 0.5) is 0 Å². The third-order valence-corrected chi connectivity index (χ3v) is 4.72. The number of carboxylic acid groups (broad SMARTS) is 2. The summed E-state index contributed by atoms with van der Waals surface area (Å²) < 4.78 is 5.31. The van der Waals surface area contributed by atoms with Crippen LogP contribution in [0.2, 0.25) is 0 Å². The van der Waals surface area contributed by atoms with Crippen molar-refractivity contribution in [3.8, 4) is 0 Å². The minimum Gasteiger partial charge on any atom is -0.478 e. The molecule has 0 spiro atoms. The molecule has 2 N–H and O–H groups in total. The quantitative estimate of drug-likeness (QED) is 0.349. The van der Waals surface area contributed by atoms with E-state index in [0.717, 1.165) is 50.9 Å². The molecular weight excluding hydrogens is 368 g/mol. The van der Waals surface area contributed by atoms with Crippen molar-refractivity contribution in [2.24, 2.45) is 0 Å². The molecule has 0 unspecified atom stereocenters. The molecule has 0 amide bonds. The molecule has 0 aliphatic heterocycles. The van der Waals surface area contributed by atoms with Gasteiger partial charge in [0.1, 0.15) is 0 Å². The molecule has 0 saturated heterocycles. The van der Waals surface area contributed by atoms with Crippen LogP contribution in [0.5, 0.6) is 0 Å². The summed E-state index contributed by atoms with van der Waals surface area (Å²) in [5, 5.41) is 18.5. The third kappa shape index (κ3) is 11.0. The van der Waals surface area contributed by atoms with E-state index in [1.807, 2.05) is 6.92 Å². The minimum absolute atomic E-state index is 0.0282. The summed E-state index contributed by atoms with van der Waals surface area (Å²) in [4.78, 5) is 22.7. The van der Waals surface area contributed by atoms with Crippen molar-refractivity contribution >= 4 is 11.9 Å². The van der Waals surface area contributed by atoms with E-state index < -0.39 is 11.9 Å². The molecular formula is C24H40O5. The van der Waals surface area contributed by atoms with Gasteiger partial charge in [-0.15, -0.1) is 0 Å². The van der Waals surface area contributed by atoms with E-state index in [1.165, 1.54) is 31.7 Å². The van der Waals surface area contributed by atoms with Gasteiger partial charge in [-0.05, 0) is 55.7 Å². The molecule has 0 aliphatic rings. The SMILES string of the molecule is CCCCOCCCC.CCCCc1ccc(C(=O)O)c(C(=O)O)c1CCCC. The van der Waals surface area contributed by atoms with Crippen molar-refractivity contribution in [3.63, 3.8) is 0 Å². The summed E-state index contributed by atoms with van der Waals surface area (Å²) in [5.41, 5.74) is 1.54. The third-order valence-electron chi connectivity index (χ3n) is 4.72. The number of benzene rings is 1. The molecule has 0 atom stereocenters. The zero-order valence-electron chi connectivity index (χ0n) is 18.8. The summed E-state index contributed by atoms with van der Waals surface area (Å²) >= 11 is 0. The number of carbonyl (C=O) groups is 2. The molecule has 0 saturated carbocycles. The van der Waals surface area contributed by atoms with Crippen molar-refractivity contribution in [2.45, 2.75) is 91.9 Å². The Kier molecular flexibility index (Phi) is 15.9. The number of aromatic carboxylic acids is 2. The molecule has 0 aromatic heterocycles. The normalized spacial score (nSPS) is 10.3. The topological polar surface area (TPSA) is 83.8 Å². The lowest BCUT2D eigenvalue weighted by Gasteiger charge is -2.14. The maximum Gasteiger partial charge on any atom is 0.336 e. The van der Waals surface area contributed by atoms with Crippen LogP contribution in [-0.4, -0.2) is 35.4 Å². The largest absolute Gasteiger partial charge is 0.478 e. The van der Waals surface area contributed by atoms with Crippen LogP contribution in [-0.2, 0) is 17.6 Å². The Morgan fingerprint density at radius 3 is 1.72 bits per heavy atom. The first-order chi connectivity index (χ1) is 13.9. The van der Waals surface area contributed by atoms with Gasteiger partial charge in [-0.2, -0.15) is 0 Å². The highest BCUT2D eigenvalue weighted by Gasteiger charge is 2.22. The van der Waals surface area contributed by atoms with Crippen molar-refractivity contribution in [1.82, 2.24) is 0 Å². The number of unbranched alkanes of at least 4 members (excludes halogenated alkanes) is 4. The van der Waals surface area contributed by atoms with Crippen molar-refractivity contribution in [2.75, 3.05) is 13.2 Å². The van der Waals surface area contributed by atoms with Crippen LogP contribution in [0, 0.1) is 0 Å². The van der Waals surface area contributed by atoms with Gasteiger partial charge in [0.05, 0.1) is 11.1 Å². The molecule has 0 heterocycles. The highest BCUT2D eigenvalue weighted by molar-refractivity contribution is 6.03. The summed E-state index contributed by atoms with van der Waals surface area (Å²) in [7, 11) is 0. The Bertz CT molecular complexity index is 589. The van der Waals surface area contributed by atoms with E-state index in [1.54, 1.807) is 6.07 Å². The van der Waals surface area contributed by atoms with E-state index in [9.17, 15) is 14.7 Å². The highest BCUT2D eigenvalue weighted by atomic mass is 16.5. The fourth-order valence-electron chi connectivity index (χ4n) is 2.95. The Hall–Kier alpha value is -1.88. The molecule has 0 bridgehead atoms. The maximum absolute atomic E-state index is 11.5. The van der Waals surface area contributed by atoms with Gasteiger partial charge in [0.15, 0.2) is 0 Å². The van der Waals surface area contributed by atoms with Crippen LogP contribution in [0.3, 0.4) is 0 Å². The van der Waals surface area contributed by atoms with Crippen LogP contribution in [0.25, 0.3) is 0 Å². The van der Waals surface area contributed by atoms with E-state index in [-0.39, 0.29) is 11.1 Å². The fraction of sp³-hybridized carbons (Fsp3) is 0.667. The van der Waals surface area contributed by atoms with Crippen LogP contribution in [0.15, 0.2) is 12.1 Å². The zero-order chi connectivity index (χ0) is 22.1. The van der Waals surface area contributed by atoms with Crippen LogP contribution >= 0.6 is 0 Å². The average molecular weight is 409 g/mol. The number of hydrogen-bond acceptors (Lipinski definition) is 3. The Morgan fingerprint density at radius 2 is 1.28 bits per heavy atom. The van der Waals surface area contributed by atoms with Crippen molar-refractivity contribution in [1.29, 1.82) is 0 Å². The van der Waals surface area contributed by atoms with Gasteiger partial charge in [-0.25, -0.2) is 9.59 Å². The fourth-order valence-corrected chi connectivity index (χ4v) is 2.95. The standard InChI is InChI=1S/C16H22O4.C8H18O/c1-3-5-7-11-9-10-13(15(17)18)14(16(19)20)12(11)8-6-4-2;1-3-5-7-9-8-6-4-2/h9-10H,3-8H2,1-2H3,(H,17,18)(H,19,20);3-8H2,1-2H3. The molecule has 166 valence electrons. The molecule has 5 nitrogen and oxygen atoms in total. The lowest BCUT2D eigenvalue weighted by atomic mass is 9.90.